The molecule has 3 fully saturated rings. The minimum absolute atomic E-state index is 0.449. The highest BCUT2D eigenvalue weighted by Gasteiger charge is 2.35. The van der Waals surface area contributed by atoms with Crippen LogP contribution in [0.4, 0.5) is 11.5 Å². The number of rotatable bonds is 3. The van der Waals surface area contributed by atoms with Gasteiger partial charge in [0.05, 0.1) is 24.4 Å². The Labute approximate surface area is 238 Å². The number of aromatic nitrogens is 2. The van der Waals surface area contributed by atoms with E-state index in [9.17, 15) is 0 Å². The average Bonchev–Trinajstić information content (AvgIpc) is 3.55. The van der Waals surface area contributed by atoms with Crippen LogP contribution >= 0.6 is 27.5 Å². The van der Waals surface area contributed by atoms with Crippen LogP contribution in [0.1, 0.15) is 36.9 Å². The van der Waals surface area contributed by atoms with E-state index >= 15 is 0 Å². The lowest BCUT2D eigenvalue weighted by molar-refractivity contribution is 0.374. The Balaban J connectivity index is 0.000000390. The van der Waals surface area contributed by atoms with Gasteiger partial charge in [-0.15, -0.1) is 0 Å². The summed E-state index contributed by atoms with van der Waals surface area (Å²) in [6.07, 6.45) is 6.22. The zero-order valence-corrected chi connectivity index (χ0v) is 24.6. The number of fused-ring (bicyclic) bond motifs is 4. The summed E-state index contributed by atoms with van der Waals surface area (Å²) in [5, 5.41) is 6.68. The van der Waals surface area contributed by atoms with Crippen molar-refractivity contribution >= 4 is 49.8 Å². The van der Waals surface area contributed by atoms with Crippen molar-refractivity contribution < 1.29 is 4.74 Å². The zero-order chi connectivity index (χ0) is 26.2. The molecule has 1 aromatic heterocycles. The average molecular weight is 600 g/mol. The monoisotopic (exact) mass is 598 g/mol. The number of nitrogens with zero attached hydrogens (tertiary/aromatic N) is 5. The number of halogens is 2. The van der Waals surface area contributed by atoms with E-state index in [4.69, 9.17) is 26.3 Å². The molecule has 2 bridgehead atoms. The molecule has 38 heavy (non-hydrogen) atoms. The lowest BCUT2D eigenvalue weighted by Gasteiger charge is -2.37. The molecule has 7 rings (SSSR count). The summed E-state index contributed by atoms with van der Waals surface area (Å²) in [5.74, 6) is 1.06. The van der Waals surface area contributed by atoms with Gasteiger partial charge in [0.25, 0.3) is 0 Å². The highest BCUT2D eigenvalue weighted by Crippen LogP contribution is 2.40. The van der Waals surface area contributed by atoms with Gasteiger partial charge in [0.15, 0.2) is 0 Å². The molecule has 5 heterocycles. The maximum atomic E-state index is 6.66. The maximum Gasteiger partial charge on any atom is 0.318 e. The molecular weight excluding hydrogens is 564 g/mol. The molecule has 202 valence electrons. The number of ether oxygens (including phenoxy) is 1. The Kier molecular flexibility index (Phi) is 7.67. The predicted molar refractivity (Wildman–Crippen MR) is 159 cm³/mol. The van der Waals surface area contributed by atoms with E-state index in [1.807, 2.05) is 12.1 Å². The Morgan fingerprint density at radius 2 is 1.76 bits per heavy atom. The van der Waals surface area contributed by atoms with E-state index in [-0.39, 0.29) is 0 Å². The Hall–Kier alpha value is -2.13. The summed E-state index contributed by atoms with van der Waals surface area (Å²) in [6, 6.07) is 11.9. The number of likely N-dealkylation sites (tertiary alicyclic amines) is 1. The highest BCUT2D eigenvalue weighted by atomic mass is 79.9. The molecular formula is C29H36BrClN6O. The lowest BCUT2D eigenvalue weighted by atomic mass is 10.0. The first kappa shape index (κ1) is 26.1. The fraction of sp³-hybridized carbons (Fsp3) is 0.517. The molecule has 1 N–H and O–H groups in total. The van der Waals surface area contributed by atoms with Crippen LogP contribution in [0.25, 0.3) is 10.8 Å². The first-order valence-electron chi connectivity index (χ1n) is 13.7. The third kappa shape index (κ3) is 5.20. The molecule has 2 unspecified atom stereocenters. The van der Waals surface area contributed by atoms with E-state index in [0.717, 1.165) is 63.5 Å². The van der Waals surface area contributed by atoms with Crippen molar-refractivity contribution in [3.63, 3.8) is 0 Å². The maximum absolute atomic E-state index is 6.66. The molecule has 4 aliphatic heterocycles. The number of hydrogen-bond acceptors (Lipinski definition) is 7. The van der Waals surface area contributed by atoms with Gasteiger partial charge in [-0.2, -0.15) is 9.97 Å². The van der Waals surface area contributed by atoms with Crippen molar-refractivity contribution in [3.05, 3.63) is 51.1 Å². The summed E-state index contributed by atoms with van der Waals surface area (Å²) < 4.78 is 6.57. The largest absolute Gasteiger partial charge is 0.467 e. The molecule has 0 radical (unpaired) electrons. The molecule has 2 atom stereocenters. The van der Waals surface area contributed by atoms with Crippen molar-refractivity contribution in [2.45, 2.75) is 50.7 Å². The van der Waals surface area contributed by atoms with Gasteiger partial charge in [-0.05, 0) is 75.8 Å². The summed E-state index contributed by atoms with van der Waals surface area (Å²) in [5.41, 5.74) is 3.45. The van der Waals surface area contributed by atoms with Gasteiger partial charge >= 0.3 is 6.01 Å². The van der Waals surface area contributed by atoms with Crippen LogP contribution in [0.5, 0.6) is 6.01 Å². The second-order valence-corrected chi connectivity index (χ2v) is 12.2. The summed E-state index contributed by atoms with van der Waals surface area (Å²) >= 11 is 10.3. The van der Waals surface area contributed by atoms with Crippen LogP contribution in [0.15, 0.2) is 34.8 Å². The molecule has 7 nitrogen and oxygen atoms in total. The number of anilines is 2. The minimum atomic E-state index is 0.449. The normalized spacial score (nSPS) is 22.8. The lowest BCUT2D eigenvalue weighted by Crippen LogP contribution is -2.52. The number of methoxy groups -OCH3 is 1. The van der Waals surface area contributed by atoms with E-state index in [0.29, 0.717) is 24.6 Å². The minimum Gasteiger partial charge on any atom is -0.467 e. The van der Waals surface area contributed by atoms with E-state index in [2.05, 4.69) is 61.2 Å². The Bertz CT molecular complexity index is 1300. The molecule has 0 spiro atoms. The van der Waals surface area contributed by atoms with E-state index in [1.165, 1.54) is 44.3 Å². The van der Waals surface area contributed by atoms with Crippen LogP contribution in [0.2, 0.25) is 5.02 Å². The SMILES string of the molecule is CN1CCCC1.COc1nc2c(c(N3CC4CCC(C3)N4)n1)CCN(c1ccc(Br)c3cccc(Cl)c13)C2. The second kappa shape index (κ2) is 11.2. The third-order valence-corrected chi connectivity index (χ3v) is 9.31. The molecule has 0 saturated carbocycles. The van der Waals surface area contributed by atoms with E-state index < -0.39 is 0 Å². The molecule has 2 aromatic carbocycles. The molecule has 4 aliphatic rings. The Morgan fingerprint density at radius 1 is 1.00 bits per heavy atom. The molecule has 0 amide bonds. The topological polar surface area (TPSA) is 56.8 Å². The van der Waals surface area contributed by atoms with Gasteiger partial charge in [-0.25, -0.2) is 0 Å². The van der Waals surface area contributed by atoms with Crippen molar-refractivity contribution in [1.82, 2.24) is 20.2 Å². The number of hydrogen-bond donors (Lipinski definition) is 1. The van der Waals surface area contributed by atoms with Crippen molar-refractivity contribution in [2.24, 2.45) is 0 Å². The number of nitrogens with one attached hydrogen (secondary N) is 1. The Morgan fingerprint density at radius 3 is 2.45 bits per heavy atom. The van der Waals surface area contributed by atoms with Crippen LogP contribution < -0.4 is 19.9 Å². The summed E-state index contributed by atoms with van der Waals surface area (Å²) in [7, 11) is 3.82. The quantitative estimate of drug-likeness (QED) is 0.440. The standard InChI is InChI=1S/C24H25BrClN5O.C5H11N/c1-32-24-28-20-13-30(21-8-7-18(25)16-3-2-4-19(26)22(16)21)10-9-17(20)23(29-24)31-11-14-5-6-15(12-31)27-14;1-6-4-2-3-5-6/h2-4,7-8,14-15,27H,5-6,9-13H2,1H3;2-5H2,1H3. The summed E-state index contributed by atoms with van der Waals surface area (Å²) in [4.78, 5) is 16.8. The second-order valence-electron chi connectivity index (χ2n) is 10.9. The molecule has 3 saturated heterocycles. The fourth-order valence-corrected chi connectivity index (χ4v) is 7.10. The van der Waals surface area contributed by atoms with Crippen molar-refractivity contribution in [2.75, 3.05) is 56.7 Å². The van der Waals surface area contributed by atoms with Crippen LogP contribution in [-0.4, -0.2) is 73.8 Å². The first-order valence-corrected chi connectivity index (χ1v) is 14.9. The first-order chi connectivity index (χ1) is 18.5. The number of piperazine rings is 1. The van der Waals surface area contributed by atoms with Gasteiger partial charge < -0.3 is 24.8 Å². The van der Waals surface area contributed by atoms with Crippen LogP contribution in [0, 0.1) is 0 Å². The van der Waals surface area contributed by atoms with Gasteiger partial charge in [-0.1, -0.05) is 39.7 Å². The smallest absolute Gasteiger partial charge is 0.318 e. The van der Waals surface area contributed by atoms with Crippen LogP contribution in [0.3, 0.4) is 0 Å². The van der Waals surface area contributed by atoms with Crippen molar-refractivity contribution in [1.29, 1.82) is 0 Å². The van der Waals surface area contributed by atoms with Gasteiger partial charge in [0.2, 0.25) is 0 Å². The zero-order valence-electron chi connectivity index (χ0n) is 22.2. The van der Waals surface area contributed by atoms with Crippen molar-refractivity contribution in [3.8, 4) is 6.01 Å². The number of benzene rings is 2. The molecule has 9 heteroatoms. The molecule has 3 aromatic rings. The van der Waals surface area contributed by atoms with E-state index in [1.54, 1.807) is 7.11 Å². The fourth-order valence-electron chi connectivity index (χ4n) is 6.36. The summed E-state index contributed by atoms with van der Waals surface area (Å²) in [6.45, 7) is 6.25. The molecule has 0 aliphatic carbocycles. The van der Waals surface area contributed by atoms with Gasteiger partial charge in [0.1, 0.15) is 5.82 Å². The van der Waals surface area contributed by atoms with Crippen LogP contribution in [-0.2, 0) is 13.0 Å². The third-order valence-electron chi connectivity index (χ3n) is 8.31. The van der Waals surface area contributed by atoms with Gasteiger partial charge in [-0.3, -0.25) is 0 Å². The highest BCUT2D eigenvalue weighted by molar-refractivity contribution is 9.10. The predicted octanol–water partition coefficient (Wildman–Crippen LogP) is 5.27. The van der Waals surface area contributed by atoms with Gasteiger partial charge in [0, 0.05) is 52.8 Å².